The predicted molar refractivity (Wildman–Crippen MR) is 67.2 cm³/mol. The van der Waals surface area contributed by atoms with Crippen LogP contribution in [0.5, 0.6) is 0 Å². The number of nitrogens with one attached hydrogen (secondary N) is 2. The first-order chi connectivity index (χ1) is 8.08. The van der Waals surface area contributed by atoms with Gasteiger partial charge in [-0.3, -0.25) is 9.59 Å². The number of carbonyl (C=O) groups excluding carboxylic acids is 2. The van der Waals surface area contributed by atoms with Crippen LogP contribution in [0.3, 0.4) is 0 Å². The second-order valence-corrected chi connectivity index (χ2v) is 3.59. The van der Waals surface area contributed by atoms with Crippen molar-refractivity contribution < 1.29 is 9.59 Å². The number of hydrogen-bond acceptors (Lipinski definition) is 4. The Morgan fingerprint density at radius 2 is 1.65 bits per heavy atom. The maximum atomic E-state index is 11.7. The summed E-state index contributed by atoms with van der Waals surface area (Å²) in [5.74, 6) is -0.0278. The highest BCUT2D eigenvalue weighted by Gasteiger charge is 2.12. The summed E-state index contributed by atoms with van der Waals surface area (Å²) in [5, 5.41) is 4.27. The fourth-order valence-electron chi connectivity index (χ4n) is 1.40. The topological polar surface area (TPSA) is 64.7 Å². The van der Waals surface area contributed by atoms with Gasteiger partial charge in [0.15, 0.2) is 0 Å². The second-order valence-electron chi connectivity index (χ2n) is 3.59. The number of carbonyl (C=O) groups is 2. The Balaban J connectivity index is 4.05. The highest BCUT2D eigenvalue weighted by Crippen LogP contribution is 1.89. The molecule has 0 atom stereocenters. The van der Waals surface area contributed by atoms with Crippen LogP contribution in [0.15, 0.2) is 0 Å². The smallest absolute Gasteiger partial charge is 0.237 e. The highest BCUT2D eigenvalue weighted by atomic mass is 16.2. The van der Waals surface area contributed by atoms with E-state index in [4.69, 9.17) is 0 Å². The summed E-state index contributed by atoms with van der Waals surface area (Å²) in [6.07, 6.45) is 0. The molecule has 17 heavy (non-hydrogen) atoms. The molecule has 0 heterocycles. The van der Waals surface area contributed by atoms with Gasteiger partial charge >= 0.3 is 0 Å². The molecule has 0 bridgehead atoms. The molecule has 0 radical (unpaired) electrons. The van der Waals surface area contributed by atoms with Crippen molar-refractivity contribution in [3.63, 3.8) is 0 Å². The van der Waals surface area contributed by atoms with E-state index in [1.807, 2.05) is 20.8 Å². The minimum absolute atomic E-state index is 0.0466. The first kappa shape index (κ1) is 15.9. The number of rotatable bonds is 8. The van der Waals surface area contributed by atoms with E-state index in [1.165, 1.54) is 0 Å². The molecule has 2 N–H and O–H groups in total. The molecule has 0 saturated carbocycles. The van der Waals surface area contributed by atoms with Gasteiger partial charge in [0.05, 0.1) is 13.1 Å². The Labute approximate surface area is 103 Å². The molecule has 0 fully saturated rings. The van der Waals surface area contributed by atoms with E-state index in [0.29, 0.717) is 19.6 Å². The molecule has 0 rings (SSSR count). The summed E-state index contributed by atoms with van der Waals surface area (Å²) >= 11 is 0. The quantitative estimate of drug-likeness (QED) is 0.561. The number of amides is 2. The Kier molecular flexibility index (Phi) is 8.35. The van der Waals surface area contributed by atoms with Crippen LogP contribution in [-0.2, 0) is 9.59 Å². The van der Waals surface area contributed by atoms with E-state index >= 15 is 0 Å². The lowest BCUT2D eigenvalue weighted by atomic mass is 10.4. The van der Waals surface area contributed by atoms with Gasteiger partial charge in [-0.25, -0.2) is 10.4 Å². The molecule has 0 aromatic carbocycles. The Bertz CT molecular complexity index is 242. The summed E-state index contributed by atoms with van der Waals surface area (Å²) in [6.45, 7) is 8.38. The van der Waals surface area contributed by atoms with Gasteiger partial charge in [0.25, 0.3) is 0 Å². The van der Waals surface area contributed by atoms with Gasteiger partial charge in [0.1, 0.15) is 0 Å². The minimum Gasteiger partial charge on any atom is -0.358 e. The third kappa shape index (κ3) is 6.23. The number of hydrogen-bond donors (Lipinski definition) is 2. The maximum Gasteiger partial charge on any atom is 0.237 e. The summed E-state index contributed by atoms with van der Waals surface area (Å²) in [6, 6.07) is 0. The lowest BCUT2D eigenvalue weighted by molar-refractivity contribution is -0.131. The molecule has 0 aromatic heterocycles. The van der Waals surface area contributed by atoms with Crippen molar-refractivity contribution >= 4 is 11.8 Å². The van der Waals surface area contributed by atoms with E-state index in [-0.39, 0.29) is 24.9 Å². The van der Waals surface area contributed by atoms with Gasteiger partial charge in [-0.2, -0.15) is 0 Å². The van der Waals surface area contributed by atoms with E-state index in [0.717, 1.165) is 0 Å². The zero-order chi connectivity index (χ0) is 13.3. The van der Waals surface area contributed by atoms with Crippen molar-refractivity contribution in [2.45, 2.75) is 20.8 Å². The fraction of sp³-hybridized carbons (Fsp3) is 0.818. The molecular formula is C11H24N4O2. The van der Waals surface area contributed by atoms with Gasteiger partial charge in [0.2, 0.25) is 11.8 Å². The predicted octanol–water partition coefficient (Wildman–Crippen LogP) is -0.573. The Hall–Kier alpha value is -1.14. The van der Waals surface area contributed by atoms with Crippen molar-refractivity contribution in [1.82, 2.24) is 20.7 Å². The Morgan fingerprint density at radius 1 is 1.06 bits per heavy atom. The van der Waals surface area contributed by atoms with E-state index < -0.39 is 0 Å². The normalized spacial score (nSPS) is 10.4. The average molecular weight is 244 g/mol. The van der Waals surface area contributed by atoms with Crippen LogP contribution in [0.4, 0.5) is 0 Å². The monoisotopic (exact) mass is 244 g/mol. The average Bonchev–Trinajstić information content (AvgIpc) is 2.35. The van der Waals surface area contributed by atoms with E-state index in [9.17, 15) is 9.59 Å². The number of likely N-dealkylation sites (N-methyl/N-ethyl adjacent to an activating group) is 3. The molecule has 0 aliphatic carbocycles. The second kappa shape index (κ2) is 8.95. The molecule has 0 spiro atoms. The van der Waals surface area contributed by atoms with Crippen LogP contribution in [-0.4, -0.2) is 61.5 Å². The van der Waals surface area contributed by atoms with Crippen LogP contribution in [0.2, 0.25) is 0 Å². The number of nitrogens with zero attached hydrogens (tertiary/aromatic N) is 2. The van der Waals surface area contributed by atoms with Gasteiger partial charge in [-0.15, -0.1) is 0 Å². The molecule has 0 aliphatic heterocycles. The van der Waals surface area contributed by atoms with Crippen molar-refractivity contribution in [2.24, 2.45) is 0 Å². The lowest BCUT2D eigenvalue weighted by Crippen LogP contribution is -2.48. The molecule has 2 amide bonds. The molecule has 6 nitrogen and oxygen atoms in total. The summed E-state index contributed by atoms with van der Waals surface area (Å²) in [4.78, 5) is 24.7. The van der Waals surface area contributed by atoms with Crippen molar-refractivity contribution in [1.29, 1.82) is 0 Å². The lowest BCUT2D eigenvalue weighted by Gasteiger charge is -2.23. The third-order valence-corrected chi connectivity index (χ3v) is 2.57. The fourth-order valence-corrected chi connectivity index (χ4v) is 1.40. The van der Waals surface area contributed by atoms with Crippen LogP contribution in [0.1, 0.15) is 20.8 Å². The summed E-state index contributed by atoms with van der Waals surface area (Å²) < 4.78 is 0. The van der Waals surface area contributed by atoms with Crippen LogP contribution in [0, 0.1) is 0 Å². The standard InChI is InChI=1S/C11H24N4O2/c1-5-14(6-2)11(17)8-13-15(7-3)9-10(16)12-4/h13H,5-9H2,1-4H3,(H,12,16). The summed E-state index contributed by atoms with van der Waals surface area (Å²) in [5.41, 5.74) is 2.96. The molecule has 0 saturated heterocycles. The van der Waals surface area contributed by atoms with Crippen molar-refractivity contribution in [3.05, 3.63) is 0 Å². The molecule has 6 heteroatoms. The van der Waals surface area contributed by atoms with Gasteiger partial charge in [-0.1, -0.05) is 6.92 Å². The highest BCUT2D eigenvalue weighted by molar-refractivity contribution is 5.79. The van der Waals surface area contributed by atoms with Crippen LogP contribution < -0.4 is 10.7 Å². The van der Waals surface area contributed by atoms with Crippen molar-refractivity contribution in [2.75, 3.05) is 39.8 Å². The minimum atomic E-state index is -0.0744. The van der Waals surface area contributed by atoms with Gasteiger partial charge in [0, 0.05) is 26.7 Å². The van der Waals surface area contributed by atoms with Crippen molar-refractivity contribution in [3.8, 4) is 0 Å². The maximum absolute atomic E-state index is 11.7. The molecule has 0 aromatic rings. The van der Waals surface area contributed by atoms with Gasteiger partial charge in [-0.05, 0) is 13.8 Å². The number of hydrazine groups is 1. The zero-order valence-corrected chi connectivity index (χ0v) is 11.2. The molecule has 0 aliphatic rings. The SMILES string of the molecule is CCN(CC(=O)NC)NCC(=O)N(CC)CC. The van der Waals surface area contributed by atoms with Crippen LogP contribution >= 0.6 is 0 Å². The Morgan fingerprint density at radius 3 is 2.06 bits per heavy atom. The zero-order valence-electron chi connectivity index (χ0n) is 11.2. The third-order valence-electron chi connectivity index (χ3n) is 2.57. The molecule has 100 valence electrons. The first-order valence-electron chi connectivity index (χ1n) is 6.05. The molecule has 0 unspecified atom stereocenters. The largest absolute Gasteiger partial charge is 0.358 e. The van der Waals surface area contributed by atoms with E-state index in [1.54, 1.807) is 17.0 Å². The van der Waals surface area contributed by atoms with Crippen LogP contribution in [0.25, 0.3) is 0 Å². The summed E-state index contributed by atoms with van der Waals surface area (Å²) in [7, 11) is 1.59. The van der Waals surface area contributed by atoms with Gasteiger partial charge < -0.3 is 10.2 Å². The van der Waals surface area contributed by atoms with E-state index in [2.05, 4.69) is 10.7 Å². The molecular weight excluding hydrogens is 220 g/mol. The first-order valence-corrected chi connectivity index (χ1v) is 6.05.